The second-order valence-electron chi connectivity index (χ2n) is 2.85. The number of ether oxygens (including phenoxy) is 1. The fourth-order valence-corrected chi connectivity index (χ4v) is 1.41. The number of rotatable bonds is 2. The van der Waals surface area contributed by atoms with Crippen molar-refractivity contribution >= 4 is 12.8 Å². The van der Waals surface area contributed by atoms with Crippen LogP contribution in [0.2, 0.25) is 0 Å². The van der Waals surface area contributed by atoms with Gasteiger partial charge in [-0.3, -0.25) is 0 Å². The van der Waals surface area contributed by atoms with Crippen molar-refractivity contribution in [2.24, 2.45) is 0 Å². The molecule has 1 heterocycles. The van der Waals surface area contributed by atoms with E-state index in [1.54, 1.807) is 13.3 Å². The van der Waals surface area contributed by atoms with Crippen LogP contribution in [-0.4, -0.2) is 16.3 Å². The van der Waals surface area contributed by atoms with Crippen LogP contribution in [0.25, 0.3) is 11.3 Å². The lowest BCUT2D eigenvalue weighted by Crippen LogP contribution is -1.85. The maximum Gasteiger partial charge on any atom is 0.119 e. The third kappa shape index (κ3) is 1.75. The number of methoxy groups -OCH3 is 1. The van der Waals surface area contributed by atoms with Crippen molar-refractivity contribution in [3.8, 4) is 17.0 Å². The highest BCUT2D eigenvalue weighted by molar-refractivity contribution is 7.78. The predicted molar refractivity (Wildman–Crippen MR) is 58.6 cm³/mol. The first-order chi connectivity index (χ1) is 6.79. The van der Waals surface area contributed by atoms with Gasteiger partial charge in [0.25, 0.3) is 0 Å². The SMILES string of the molecule is COc1cccc(-c2ccn(S)n2)c1. The molecule has 0 atom stereocenters. The normalized spacial score (nSPS) is 10.1. The summed E-state index contributed by atoms with van der Waals surface area (Å²) in [5, 5.41) is 4.18. The largest absolute Gasteiger partial charge is 0.497 e. The van der Waals surface area contributed by atoms with Gasteiger partial charge >= 0.3 is 0 Å². The molecule has 0 fully saturated rings. The van der Waals surface area contributed by atoms with E-state index in [1.165, 1.54) is 4.09 Å². The van der Waals surface area contributed by atoms with Crippen LogP contribution in [0.3, 0.4) is 0 Å². The van der Waals surface area contributed by atoms with Crippen LogP contribution in [0.4, 0.5) is 0 Å². The average Bonchev–Trinajstić information content (AvgIpc) is 2.65. The highest BCUT2D eigenvalue weighted by Gasteiger charge is 2.01. The quantitative estimate of drug-likeness (QED) is 0.763. The van der Waals surface area contributed by atoms with E-state index in [0.29, 0.717) is 0 Å². The molecule has 0 bridgehead atoms. The first kappa shape index (κ1) is 9.15. The highest BCUT2D eigenvalue weighted by atomic mass is 32.1. The Morgan fingerprint density at radius 2 is 2.21 bits per heavy atom. The van der Waals surface area contributed by atoms with E-state index in [9.17, 15) is 0 Å². The van der Waals surface area contributed by atoms with Gasteiger partial charge in [-0.1, -0.05) is 12.1 Å². The van der Waals surface area contributed by atoms with Crippen LogP contribution in [0.1, 0.15) is 0 Å². The summed E-state index contributed by atoms with van der Waals surface area (Å²) < 4.78 is 6.61. The van der Waals surface area contributed by atoms with Crippen molar-refractivity contribution in [3.05, 3.63) is 36.5 Å². The molecule has 0 spiro atoms. The summed E-state index contributed by atoms with van der Waals surface area (Å²) in [6.45, 7) is 0. The Bertz CT molecular complexity index is 439. The van der Waals surface area contributed by atoms with Crippen LogP contribution in [0.5, 0.6) is 5.75 Å². The van der Waals surface area contributed by atoms with Gasteiger partial charge in [0, 0.05) is 11.8 Å². The van der Waals surface area contributed by atoms with Gasteiger partial charge in [0.05, 0.1) is 12.8 Å². The molecule has 1 aromatic carbocycles. The molecule has 0 amide bonds. The Hall–Kier alpha value is -1.42. The van der Waals surface area contributed by atoms with E-state index < -0.39 is 0 Å². The molecule has 0 aliphatic rings. The molecule has 0 aliphatic heterocycles. The number of thiol groups is 1. The van der Waals surface area contributed by atoms with Gasteiger partial charge in [0.15, 0.2) is 0 Å². The number of benzene rings is 1. The van der Waals surface area contributed by atoms with Crippen molar-refractivity contribution in [1.29, 1.82) is 0 Å². The summed E-state index contributed by atoms with van der Waals surface area (Å²) in [5.74, 6) is 0.830. The van der Waals surface area contributed by atoms with Gasteiger partial charge in [0.1, 0.15) is 5.75 Å². The zero-order valence-electron chi connectivity index (χ0n) is 7.71. The first-order valence-electron chi connectivity index (χ1n) is 4.19. The highest BCUT2D eigenvalue weighted by Crippen LogP contribution is 2.21. The van der Waals surface area contributed by atoms with E-state index in [1.807, 2.05) is 30.3 Å². The third-order valence-electron chi connectivity index (χ3n) is 1.94. The zero-order chi connectivity index (χ0) is 9.97. The molecule has 1 aromatic heterocycles. The lowest BCUT2D eigenvalue weighted by Gasteiger charge is -2.01. The maximum atomic E-state index is 5.13. The molecule has 0 aliphatic carbocycles. The van der Waals surface area contributed by atoms with Gasteiger partial charge in [-0.2, -0.15) is 5.10 Å². The molecule has 2 rings (SSSR count). The van der Waals surface area contributed by atoms with Crippen molar-refractivity contribution in [2.75, 3.05) is 7.11 Å². The Morgan fingerprint density at radius 3 is 2.86 bits per heavy atom. The minimum Gasteiger partial charge on any atom is -0.497 e. The second-order valence-corrected chi connectivity index (χ2v) is 3.26. The average molecular weight is 206 g/mol. The van der Waals surface area contributed by atoms with Gasteiger partial charge in [-0.15, -0.1) is 0 Å². The smallest absolute Gasteiger partial charge is 0.119 e. The predicted octanol–water partition coefficient (Wildman–Crippen LogP) is 2.25. The molecule has 72 valence electrons. The third-order valence-corrected chi connectivity index (χ3v) is 2.16. The zero-order valence-corrected chi connectivity index (χ0v) is 8.61. The summed E-state index contributed by atoms with van der Waals surface area (Å²) in [6, 6.07) is 9.67. The maximum absolute atomic E-state index is 5.13. The van der Waals surface area contributed by atoms with E-state index in [4.69, 9.17) is 4.74 Å². The van der Waals surface area contributed by atoms with E-state index in [0.717, 1.165) is 17.0 Å². The molecule has 0 unspecified atom stereocenters. The van der Waals surface area contributed by atoms with Crippen LogP contribution >= 0.6 is 12.8 Å². The fourth-order valence-electron chi connectivity index (χ4n) is 1.25. The summed E-state index contributed by atoms with van der Waals surface area (Å²) in [6.07, 6.45) is 1.79. The monoisotopic (exact) mass is 206 g/mol. The summed E-state index contributed by atoms with van der Waals surface area (Å²) in [7, 11) is 1.65. The molecule has 0 saturated heterocycles. The molecule has 0 saturated carbocycles. The number of hydrogen-bond donors (Lipinski definition) is 1. The molecule has 14 heavy (non-hydrogen) atoms. The van der Waals surface area contributed by atoms with Crippen molar-refractivity contribution in [1.82, 2.24) is 9.19 Å². The molecule has 3 nitrogen and oxygen atoms in total. The van der Waals surface area contributed by atoms with Gasteiger partial charge in [0.2, 0.25) is 0 Å². The summed E-state index contributed by atoms with van der Waals surface area (Å²) >= 11 is 4.08. The summed E-state index contributed by atoms with van der Waals surface area (Å²) in [4.78, 5) is 0. The standard InChI is InChI=1S/C10H10N2OS/c1-13-9-4-2-3-8(7-9)10-5-6-12(14)11-10/h2-7,14H,1H3. The van der Waals surface area contributed by atoms with Crippen LogP contribution in [0.15, 0.2) is 36.5 Å². The van der Waals surface area contributed by atoms with Gasteiger partial charge < -0.3 is 4.74 Å². The Labute approximate surface area is 87.9 Å². The minimum atomic E-state index is 0.830. The second kappa shape index (κ2) is 3.75. The number of hydrogen-bond acceptors (Lipinski definition) is 3. The molecule has 2 aromatic rings. The van der Waals surface area contributed by atoms with Crippen molar-refractivity contribution in [2.45, 2.75) is 0 Å². The molecule has 4 heteroatoms. The fraction of sp³-hybridized carbons (Fsp3) is 0.100. The van der Waals surface area contributed by atoms with E-state index in [-0.39, 0.29) is 0 Å². The summed E-state index contributed by atoms with van der Waals surface area (Å²) in [5.41, 5.74) is 1.91. The van der Waals surface area contributed by atoms with Crippen molar-refractivity contribution < 1.29 is 4.74 Å². The first-order valence-corrected chi connectivity index (χ1v) is 4.59. The lowest BCUT2D eigenvalue weighted by atomic mass is 10.1. The Kier molecular flexibility index (Phi) is 2.45. The molecule has 0 radical (unpaired) electrons. The Morgan fingerprint density at radius 1 is 1.36 bits per heavy atom. The molecular weight excluding hydrogens is 196 g/mol. The number of aromatic nitrogens is 2. The van der Waals surface area contributed by atoms with E-state index >= 15 is 0 Å². The van der Waals surface area contributed by atoms with Crippen LogP contribution in [0, 0.1) is 0 Å². The minimum absolute atomic E-state index is 0.830. The lowest BCUT2D eigenvalue weighted by molar-refractivity contribution is 0.415. The van der Waals surface area contributed by atoms with Crippen LogP contribution in [-0.2, 0) is 0 Å². The topological polar surface area (TPSA) is 27.1 Å². The Balaban J connectivity index is 2.41. The number of nitrogens with zero attached hydrogens (tertiary/aromatic N) is 2. The van der Waals surface area contributed by atoms with Gasteiger partial charge in [-0.25, -0.2) is 4.09 Å². The van der Waals surface area contributed by atoms with Gasteiger partial charge in [-0.05, 0) is 31.0 Å². The van der Waals surface area contributed by atoms with E-state index in [2.05, 4.69) is 17.9 Å². The van der Waals surface area contributed by atoms with Crippen LogP contribution < -0.4 is 4.74 Å². The molecular formula is C10H10N2OS. The van der Waals surface area contributed by atoms with Crippen molar-refractivity contribution in [3.63, 3.8) is 0 Å². The molecule has 0 N–H and O–H groups in total.